The summed E-state index contributed by atoms with van der Waals surface area (Å²) in [4.78, 5) is 22.9. The molecule has 1 rings (SSSR count). The number of hydrogen-bond donors (Lipinski definition) is 2. The van der Waals surface area contributed by atoms with E-state index in [2.05, 4.69) is 0 Å². The Balaban J connectivity index is 3.38. The molecule has 0 radical (unpaired) electrons. The van der Waals surface area contributed by atoms with Crippen LogP contribution < -0.4 is 0 Å². The lowest BCUT2D eigenvalue weighted by atomic mass is 9.68. The molecule has 104 valence electrons. The third kappa shape index (κ3) is 2.78. The molecule has 0 aliphatic carbocycles. The van der Waals surface area contributed by atoms with Gasteiger partial charge in [0.1, 0.15) is 0 Å². The molecule has 0 saturated heterocycles. The van der Waals surface area contributed by atoms with Crippen molar-refractivity contribution in [1.29, 1.82) is 0 Å². The second kappa shape index (κ2) is 5.43. The lowest BCUT2D eigenvalue weighted by molar-refractivity contribution is -0.166. The molecule has 0 fully saturated rings. The van der Waals surface area contributed by atoms with E-state index in [4.69, 9.17) is 0 Å². The molecule has 4 heteroatoms. The van der Waals surface area contributed by atoms with Crippen LogP contribution in [0.5, 0.6) is 0 Å². The summed E-state index contributed by atoms with van der Waals surface area (Å²) >= 11 is 0. The van der Waals surface area contributed by atoms with Gasteiger partial charge < -0.3 is 10.2 Å². The van der Waals surface area contributed by atoms with Crippen molar-refractivity contribution in [2.75, 3.05) is 0 Å². The lowest BCUT2D eigenvalue weighted by Gasteiger charge is -2.33. The second-order valence-electron chi connectivity index (χ2n) is 5.45. The van der Waals surface area contributed by atoms with E-state index in [-0.39, 0.29) is 5.92 Å². The van der Waals surface area contributed by atoms with Gasteiger partial charge in [0, 0.05) is 5.92 Å². The van der Waals surface area contributed by atoms with E-state index >= 15 is 0 Å². The Hall–Kier alpha value is -1.84. The molecule has 2 N–H and O–H groups in total. The van der Waals surface area contributed by atoms with Gasteiger partial charge in [-0.3, -0.25) is 9.59 Å². The smallest absolute Gasteiger partial charge is 0.321 e. The second-order valence-corrected chi connectivity index (χ2v) is 5.45. The fourth-order valence-corrected chi connectivity index (χ4v) is 2.52. The highest BCUT2D eigenvalue weighted by Crippen LogP contribution is 2.42. The van der Waals surface area contributed by atoms with E-state index in [0.717, 1.165) is 11.1 Å². The Morgan fingerprint density at radius 3 is 1.79 bits per heavy atom. The van der Waals surface area contributed by atoms with Crippen LogP contribution in [0.15, 0.2) is 24.3 Å². The minimum Gasteiger partial charge on any atom is -0.480 e. The number of aryl methyl sites for hydroxylation is 1. The molecule has 0 aromatic heterocycles. The fourth-order valence-electron chi connectivity index (χ4n) is 2.52. The SMILES string of the molecule is Cc1ccc(C(C(C)C)C(C)(C(=O)O)C(=O)O)cc1. The minimum atomic E-state index is -1.83. The monoisotopic (exact) mass is 264 g/mol. The van der Waals surface area contributed by atoms with E-state index in [1.165, 1.54) is 6.92 Å². The quantitative estimate of drug-likeness (QED) is 0.802. The van der Waals surface area contributed by atoms with Crippen molar-refractivity contribution in [1.82, 2.24) is 0 Å². The van der Waals surface area contributed by atoms with Crippen molar-refractivity contribution in [3.05, 3.63) is 35.4 Å². The molecule has 1 aromatic rings. The summed E-state index contributed by atoms with van der Waals surface area (Å²) in [5.41, 5.74) is -0.0322. The summed E-state index contributed by atoms with van der Waals surface area (Å²) in [7, 11) is 0. The van der Waals surface area contributed by atoms with Crippen LogP contribution in [0.3, 0.4) is 0 Å². The van der Waals surface area contributed by atoms with Gasteiger partial charge >= 0.3 is 11.9 Å². The summed E-state index contributed by atoms with van der Waals surface area (Å²) in [5.74, 6) is -3.29. The molecule has 0 spiro atoms. The van der Waals surface area contributed by atoms with E-state index in [9.17, 15) is 19.8 Å². The predicted octanol–water partition coefficient (Wildman–Crippen LogP) is 2.91. The Morgan fingerprint density at radius 2 is 1.47 bits per heavy atom. The molecule has 1 unspecified atom stereocenters. The molecule has 0 amide bonds. The zero-order chi connectivity index (χ0) is 14.8. The van der Waals surface area contributed by atoms with Crippen molar-refractivity contribution in [3.8, 4) is 0 Å². The molecular formula is C15H20O4. The van der Waals surface area contributed by atoms with E-state index < -0.39 is 23.3 Å². The molecule has 19 heavy (non-hydrogen) atoms. The van der Waals surface area contributed by atoms with Gasteiger partial charge in [-0.25, -0.2) is 0 Å². The number of aliphatic carboxylic acids is 2. The Bertz CT molecular complexity index is 459. The molecule has 0 saturated carbocycles. The Labute approximate surface area is 113 Å². The highest BCUT2D eigenvalue weighted by Gasteiger charge is 2.50. The largest absolute Gasteiger partial charge is 0.480 e. The van der Waals surface area contributed by atoms with Crippen molar-refractivity contribution in [2.45, 2.75) is 33.6 Å². The average Bonchev–Trinajstić information content (AvgIpc) is 2.30. The number of carboxylic acids is 2. The van der Waals surface area contributed by atoms with Crippen LogP contribution >= 0.6 is 0 Å². The van der Waals surface area contributed by atoms with Gasteiger partial charge in [0.15, 0.2) is 5.41 Å². The lowest BCUT2D eigenvalue weighted by Crippen LogP contribution is -2.43. The predicted molar refractivity (Wildman–Crippen MR) is 72.1 cm³/mol. The number of hydrogen-bond acceptors (Lipinski definition) is 2. The highest BCUT2D eigenvalue weighted by molar-refractivity contribution is 5.99. The van der Waals surface area contributed by atoms with Gasteiger partial charge in [0.2, 0.25) is 0 Å². The number of rotatable bonds is 5. The van der Waals surface area contributed by atoms with Crippen LogP contribution in [-0.2, 0) is 9.59 Å². The van der Waals surface area contributed by atoms with Gasteiger partial charge in [-0.05, 0) is 25.3 Å². The first kappa shape index (κ1) is 15.2. The van der Waals surface area contributed by atoms with Crippen LogP contribution in [0.25, 0.3) is 0 Å². The molecule has 1 aromatic carbocycles. The van der Waals surface area contributed by atoms with Crippen molar-refractivity contribution >= 4 is 11.9 Å². The number of carboxylic acid groups (broad SMARTS) is 2. The fraction of sp³-hybridized carbons (Fsp3) is 0.467. The van der Waals surface area contributed by atoms with Gasteiger partial charge in [-0.15, -0.1) is 0 Å². The minimum absolute atomic E-state index is 0.0973. The summed E-state index contributed by atoms with van der Waals surface area (Å²) in [6.45, 7) is 6.90. The highest BCUT2D eigenvalue weighted by atomic mass is 16.4. The van der Waals surface area contributed by atoms with Crippen LogP contribution in [0.1, 0.15) is 37.8 Å². The van der Waals surface area contributed by atoms with Crippen LogP contribution in [0, 0.1) is 18.3 Å². The van der Waals surface area contributed by atoms with Crippen LogP contribution in [-0.4, -0.2) is 22.2 Å². The molecule has 0 aliphatic heterocycles. The Kier molecular flexibility index (Phi) is 4.35. The maximum absolute atomic E-state index is 11.5. The topological polar surface area (TPSA) is 74.6 Å². The van der Waals surface area contributed by atoms with Gasteiger partial charge in [-0.2, -0.15) is 0 Å². The average molecular weight is 264 g/mol. The van der Waals surface area contributed by atoms with Crippen LogP contribution in [0.2, 0.25) is 0 Å². The summed E-state index contributed by atoms with van der Waals surface area (Å²) in [6, 6.07) is 7.36. The number of benzene rings is 1. The molecule has 0 heterocycles. The Morgan fingerprint density at radius 1 is 1.05 bits per heavy atom. The summed E-state index contributed by atoms with van der Waals surface area (Å²) in [5, 5.41) is 18.7. The van der Waals surface area contributed by atoms with Gasteiger partial charge in [-0.1, -0.05) is 43.7 Å². The molecule has 1 atom stereocenters. The zero-order valence-corrected chi connectivity index (χ0v) is 11.7. The zero-order valence-electron chi connectivity index (χ0n) is 11.7. The van der Waals surface area contributed by atoms with Gasteiger partial charge in [0.25, 0.3) is 0 Å². The maximum atomic E-state index is 11.5. The maximum Gasteiger partial charge on any atom is 0.321 e. The molecule has 0 aliphatic rings. The molecule has 4 nitrogen and oxygen atoms in total. The first-order valence-corrected chi connectivity index (χ1v) is 6.24. The first-order chi connectivity index (χ1) is 8.71. The van der Waals surface area contributed by atoms with Crippen molar-refractivity contribution in [2.24, 2.45) is 11.3 Å². The standard InChI is InChI=1S/C15H20O4/c1-9(2)12(11-7-5-10(3)6-8-11)15(4,13(16)17)14(18)19/h5-9,12H,1-4H3,(H,16,17)(H,18,19). The molecular weight excluding hydrogens is 244 g/mol. The van der Waals surface area contributed by atoms with E-state index in [1.807, 2.05) is 45.0 Å². The third-order valence-corrected chi connectivity index (χ3v) is 3.61. The van der Waals surface area contributed by atoms with Crippen molar-refractivity contribution < 1.29 is 19.8 Å². The summed E-state index contributed by atoms with van der Waals surface area (Å²) < 4.78 is 0. The van der Waals surface area contributed by atoms with Crippen LogP contribution in [0.4, 0.5) is 0 Å². The number of carbonyl (C=O) groups is 2. The van der Waals surface area contributed by atoms with Crippen molar-refractivity contribution in [3.63, 3.8) is 0 Å². The van der Waals surface area contributed by atoms with E-state index in [0.29, 0.717) is 0 Å². The summed E-state index contributed by atoms with van der Waals surface area (Å²) in [6.07, 6.45) is 0. The third-order valence-electron chi connectivity index (χ3n) is 3.61. The normalized spacial score (nSPS) is 13.3. The van der Waals surface area contributed by atoms with Gasteiger partial charge in [0.05, 0.1) is 0 Å². The molecule has 0 bridgehead atoms. The van der Waals surface area contributed by atoms with E-state index in [1.54, 1.807) is 0 Å². The first-order valence-electron chi connectivity index (χ1n) is 6.24.